The third-order valence-corrected chi connectivity index (χ3v) is 2.08. The minimum absolute atomic E-state index is 0.657. The number of aromatic nitrogens is 2. The molecule has 0 radical (unpaired) electrons. The Bertz CT molecular complexity index is 282. The van der Waals surface area contributed by atoms with Gasteiger partial charge in [-0.1, -0.05) is 5.16 Å². The van der Waals surface area contributed by atoms with E-state index in [1.807, 2.05) is 11.4 Å². The topological polar surface area (TPSA) is 51.0 Å². The van der Waals surface area contributed by atoms with Crippen molar-refractivity contribution in [3.8, 4) is 0 Å². The molecule has 0 unspecified atom stereocenters. The lowest BCUT2D eigenvalue weighted by Crippen LogP contribution is -1.98. The van der Waals surface area contributed by atoms with E-state index in [1.54, 1.807) is 23.8 Å². The predicted octanol–water partition coefficient (Wildman–Crippen LogP) is 1.74. The fraction of sp³-hybridized carbons (Fsp3) is 0.143. The summed E-state index contributed by atoms with van der Waals surface area (Å²) in [7, 11) is 0. The molecule has 0 bridgehead atoms. The van der Waals surface area contributed by atoms with E-state index in [2.05, 4.69) is 20.0 Å². The first-order chi connectivity index (χ1) is 5.95. The molecule has 2 aromatic rings. The number of thiazole rings is 1. The summed E-state index contributed by atoms with van der Waals surface area (Å²) in [5, 5.41) is 9.69. The second-order valence-corrected chi connectivity index (χ2v) is 3.08. The largest absolute Gasteiger partial charge is 0.364 e. The van der Waals surface area contributed by atoms with E-state index < -0.39 is 0 Å². The molecule has 0 fully saturated rings. The first-order valence-electron chi connectivity index (χ1n) is 3.48. The molecular formula is C7H7N3OS. The van der Waals surface area contributed by atoms with Gasteiger partial charge in [-0.2, -0.15) is 0 Å². The van der Waals surface area contributed by atoms with Gasteiger partial charge in [0.1, 0.15) is 12.0 Å². The van der Waals surface area contributed by atoms with Gasteiger partial charge < -0.3 is 9.84 Å². The molecule has 2 heterocycles. The second-order valence-electron chi connectivity index (χ2n) is 2.18. The number of nitrogens with one attached hydrogen (secondary N) is 1. The van der Waals surface area contributed by atoms with Crippen LogP contribution in [0.3, 0.4) is 0 Å². The zero-order valence-corrected chi connectivity index (χ0v) is 7.04. The van der Waals surface area contributed by atoms with Crippen molar-refractivity contribution in [2.24, 2.45) is 0 Å². The third-order valence-electron chi connectivity index (χ3n) is 1.34. The number of hydrogen-bond acceptors (Lipinski definition) is 5. The van der Waals surface area contributed by atoms with Crippen LogP contribution in [0.2, 0.25) is 0 Å². The summed E-state index contributed by atoms with van der Waals surface area (Å²) in [6.45, 7) is 0.657. The van der Waals surface area contributed by atoms with E-state index in [-0.39, 0.29) is 0 Å². The van der Waals surface area contributed by atoms with E-state index >= 15 is 0 Å². The molecule has 0 amide bonds. The van der Waals surface area contributed by atoms with Crippen LogP contribution in [0.4, 0.5) is 5.13 Å². The first-order valence-corrected chi connectivity index (χ1v) is 4.36. The highest BCUT2D eigenvalue weighted by Crippen LogP contribution is 2.11. The fourth-order valence-corrected chi connectivity index (χ4v) is 1.33. The number of rotatable bonds is 3. The normalized spacial score (nSPS) is 10.0. The van der Waals surface area contributed by atoms with Crippen molar-refractivity contribution in [3.63, 3.8) is 0 Å². The van der Waals surface area contributed by atoms with Crippen molar-refractivity contribution in [3.05, 3.63) is 29.6 Å². The maximum atomic E-state index is 4.68. The number of nitrogens with zero attached hydrogens (tertiary/aromatic N) is 2. The summed E-state index contributed by atoms with van der Waals surface area (Å²) in [4.78, 5) is 4.06. The third kappa shape index (κ3) is 1.62. The van der Waals surface area contributed by atoms with Gasteiger partial charge in [0, 0.05) is 17.6 Å². The second kappa shape index (κ2) is 3.36. The maximum Gasteiger partial charge on any atom is 0.182 e. The molecule has 0 spiro atoms. The Morgan fingerprint density at radius 1 is 1.58 bits per heavy atom. The van der Waals surface area contributed by atoms with Crippen LogP contribution in [0.5, 0.6) is 0 Å². The highest BCUT2D eigenvalue weighted by atomic mass is 32.1. The Labute approximate surface area is 73.2 Å². The van der Waals surface area contributed by atoms with Crippen LogP contribution in [0.15, 0.2) is 28.4 Å². The Morgan fingerprint density at radius 2 is 2.58 bits per heavy atom. The highest BCUT2D eigenvalue weighted by Gasteiger charge is 1.96. The quantitative estimate of drug-likeness (QED) is 0.783. The minimum Gasteiger partial charge on any atom is -0.364 e. The Balaban J connectivity index is 1.91. The number of anilines is 1. The molecule has 0 saturated carbocycles. The van der Waals surface area contributed by atoms with Crippen molar-refractivity contribution in [2.45, 2.75) is 6.54 Å². The zero-order valence-electron chi connectivity index (χ0n) is 6.23. The molecule has 2 rings (SSSR count). The molecule has 0 aliphatic heterocycles. The molecule has 5 heteroatoms. The van der Waals surface area contributed by atoms with Crippen LogP contribution in [0.1, 0.15) is 5.69 Å². The summed E-state index contributed by atoms with van der Waals surface area (Å²) >= 11 is 1.56. The standard InChI is InChI=1S/C7H7N3OS/c1-3-11-10-6(1)5-9-7-8-2-4-12-7/h1-4H,5H2,(H,8,9). The van der Waals surface area contributed by atoms with Crippen molar-refractivity contribution >= 4 is 16.5 Å². The molecular weight excluding hydrogens is 174 g/mol. The van der Waals surface area contributed by atoms with Crippen LogP contribution in [-0.2, 0) is 6.54 Å². The molecule has 1 N–H and O–H groups in total. The lowest BCUT2D eigenvalue weighted by Gasteiger charge is -1.96. The van der Waals surface area contributed by atoms with Crippen LogP contribution in [-0.4, -0.2) is 10.1 Å². The van der Waals surface area contributed by atoms with Gasteiger partial charge in [-0.15, -0.1) is 11.3 Å². The summed E-state index contributed by atoms with van der Waals surface area (Å²) in [6, 6.07) is 1.82. The van der Waals surface area contributed by atoms with Crippen LogP contribution in [0, 0.1) is 0 Å². The molecule has 0 aliphatic rings. The maximum absolute atomic E-state index is 4.68. The molecule has 2 aromatic heterocycles. The zero-order chi connectivity index (χ0) is 8.23. The van der Waals surface area contributed by atoms with Crippen LogP contribution in [0.25, 0.3) is 0 Å². The minimum atomic E-state index is 0.657. The Morgan fingerprint density at radius 3 is 3.25 bits per heavy atom. The van der Waals surface area contributed by atoms with E-state index in [9.17, 15) is 0 Å². The number of hydrogen-bond donors (Lipinski definition) is 1. The monoisotopic (exact) mass is 181 g/mol. The van der Waals surface area contributed by atoms with Gasteiger partial charge in [0.15, 0.2) is 5.13 Å². The molecule has 0 atom stereocenters. The van der Waals surface area contributed by atoms with Crippen molar-refractivity contribution in [1.29, 1.82) is 0 Å². The molecule has 0 aromatic carbocycles. The van der Waals surface area contributed by atoms with Gasteiger partial charge in [0.2, 0.25) is 0 Å². The van der Waals surface area contributed by atoms with E-state index in [0.717, 1.165) is 10.8 Å². The highest BCUT2D eigenvalue weighted by molar-refractivity contribution is 7.13. The molecule has 0 saturated heterocycles. The van der Waals surface area contributed by atoms with Crippen molar-refractivity contribution in [2.75, 3.05) is 5.32 Å². The van der Waals surface area contributed by atoms with E-state index in [1.165, 1.54) is 0 Å². The van der Waals surface area contributed by atoms with Crippen LogP contribution >= 0.6 is 11.3 Å². The fourth-order valence-electron chi connectivity index (χ4n) is 0.806. The van der Waals surface area contributed by atoms with Crippen molar-refractivity contribution < 1.29 is 4.52 Å². The van der Waals surface area contributed by atoms with E-state index in [0.29, 0.717) is 6.54 Å². The van der Waals surface area contributed by atoms with Crippen LogP contribution < -0.4 is 5.32 Å². The lowest BCUT2D eigenvalue weighted by molar-refractivity contribution is 0.412. The van der Waals surface area contributed by atoms with E-state index in [4.69, 9.17) is 0 Å². The van der Waals surface area contributed by atoms with Gasteiger partial charge in [-0.25, -0.2) is 4.98 Å². The Kier molecular flexibility index (Phi) is 2.04. The molecule has 12 heavy (non-hydrogen) atoms. The van der Waals surface area contributed by atoms with Gasteiger partial charge in [-0.05, 0) is 0 Å². The summed E-state index contributed by atoms with van der Waals surface area (Å²) < 4.78 is 4.68. The summed E-state index contributed by atoms with van der Waals surface area (Å²) in [5.74, 6) is 0. The Hall–Kier alpha value is -1.36. The average molecular weight is 181 g/mol. The SMILES string of the molecule is c1csc(NCc2ccon2)n1. The van der Waals surface area contributed by atoms with Gasteiger partial charge in [0.05, 0.1) is 6.54 Å². The summed E-state index contributed by atoms with van der Waals surface area (Å²) in [6.07, 6.45) is 3.31. The molecule has 62 valence electrons. The van der Waals surface area contributed by atoms with Gasteiger partial charge in [-0.3, -0.25) is 0 Å². The predicted molar refractivity (Wildman–Crippen MR) is 45.9 cm³/mol. The summed E-state index contributed by atoms with van der Waals surface area (Å²) in [5.41, 5.74) is 0.880. The lowest BCUT2D eigenvalue weighted by atomic mass is 10.4. The average Bonchev–Trinajstić information content (AvgIpc) is 2.74. The van der Waals surface area contributed by atoms with Gasteiger partial charge >= 0.3 is 0 Å². The molecule has 0 aliphatic carbocycles. The van der Waals surface area contributed by atoms with Crippen molar-refractivity contribution in [1.82, 2.24) is 10.1 Å². The van der Waals surface area contributed by atoms with Gasteiger partial charge in [0.25, 0.3) is 0 Å². The molecule has 4 nitrogen and oxygen atoms in total. The first kappa shape index (κ1) is 7.30. The smallest absolute Gasteiger partial charge is 0.182 e.